The first-order valence-corrected chi connectivity index (χ1v) is 7.31. The van der Waals surface area contributed by atoms with Crippen LogP contribution in [0.5, 0.6) is 0 Å². The lowest BCUT2D eigenvalue weighted by molar-refractivity contribution is -0.141. The predicted molar refractivity (Wildman–Crippen MR) is 66.1 cm³/mol. The van der Waals surface area contributed by atoms with Crippen LogP contribution in [-0.2, 0) is 24.1 Å². The molecule has 0 aromatic rings. The molecule has 0 fully saturated rings. The Morgan fingerprint density at radius 2 is 1.89 bits per heavy atom. The lowest BCUT2D eigenvalue weighted by Crippen LogP contribution is -2.14. The molecular weight excluding hydrogens is 260 g/mol. The van der Waals surface area contributed by atoms with Crippen molar-refractivity contribution in [2.45, 2.75) is 46.0 Å². The van der Waals surface area contributed by atoms with E-state index in [0.29, 0.717) is 6.42 Å². The molecule has 0 rings (SSSR count). The second kappa shape index (κ2) is 8.93. The monoisotopic (exact) mass is 280 g/mol. The van der Waals surface area contributed by atoms with Crippen LogP contribution in [-0.4, -0.2) is 25.5 Å². The molecule has 0 heterocycles. The van der Waals surface area contributed by atoms with Crippen molar-refractivity contribution in [1.29, 1.82) is 0 Å². The normalized spacial score (nSPS) is 12.3. The van der Waals surface area contributed by atoms with Crippen molar-refractivity contribution in [1.82, 2.24) is 0 Å². The first-order valence-electron chi connectivity index (χ1n) is 5.94. The second-order valence-electron chi connectivity index (χ2n) is 3.65. The van der Waals surface area contributed by atoms with Gasteiger partial charge in [0.05, 0.1) is 6.61 Å². The van der Waals surface area contributed by atoms with Gasteiger partial charge in [0.25, 0.3) is 0 Å². The van der Waals surface area contributed by atoms with Crippen LogP contribution in [0.4, 0.5) is 0 Å². The summed E-state index contributed by atoms with van der Waals surface area (Å²) in [6.45, 7) is 3.76. The zero-order valence-electron chi connectivity index (χ0n) is 10.7. The minimum atomic E-state index is -4.70. The van der Waals surface area contributed by atoms with Crippen molar-refractivity contribution in [2.24, 2.45) is 0 Å². The smallest absolute Gasteiger partial charge is 0.446 e. The number of carbonyl (C=O) groups is 1. The molecule has 106 valence electrons. The molecule has 1 N–H and O–H groups in total. The maximum atomic E-state index is 11.3. The van der Waals surface area contributed by atoms with E-state index in [1.165, 1.54) is 6.08 Å². The molecule has 0 aliphatic heterocycles. The van der Waals surface area contributed by atoms with Gasteiger partial charge in [0.1, 0.15) is 0 Å². The highest BCUT2D eigenvalue weighted by atomic mass is 32.3. The van der Waals surface area contributed by atoms with Crippen molar-refractivity contribution in [2.75, 3.05) is 6.61 Å². The van der Waals surface area contributed by atoms with E-state index < -0.39 is 22.1 Å². The first kappa shape index (κ1) is 16.9. The van der Waals surface area contributed by atoms with Gasteiger partial charge in [0, 0.05) is 0 Å². The molecule has 0 saturated carbocycles. The molecule has 7 heteroatoms. The van der Waals surface area contributed by atoms with E-state index >= 15 is 0 Å². The summed E-state index contributed by atoms with van der Waals surface area (Å²) < 4.78 is 38.5. The highest BCUT2D eigenvalue weighted by Gasteiger charge is 2.18. The molecule has 0 aliphatic rings. The summed E-state index contributed by atoms with van der Waals surface area (Å²) in [4.78, 5) is 11.3. The first-order chi connectivity index (χ1) is 8.40. The highest BCUT2D eigenvalue weighted by molar-refractivity contribution is 7.81. The van der Waals surface area contributed by atoms with Gasteiger partial charge in [-0.15, -0.1) is 0 Å². The highest BCUT2D eigenvalue weighted by Crippen LogP contribution is 2.10. The van der Waals surface area contributed by atoms with E-state index in [-0.39, 0.29) is 6.61 Å². The SMILES string of the molecule is CCCCCC/C=C(\OS(=O)(=O)O)C(=O)OCC. The van der Waals surface area contributed by atoms with Crippen molar-refractivity contribution in [3.63, 3.8) is 0 Å². The van der Waals surface area contributed by atoms with E-state index in [9.17, 15) is 13.2 Å². The second-order valence-corrected chi connectivity index (χ2v) is 4.67. The van der Waals surface area contributed by atoms with E-state index in [4.69, 9.17) is 4.55 Å². The standard InChI is InChI=1S/C11H20O6S/c1-3-5-6-7-8-9-10(11(12)16-4-2)17-18(13,14)15/h9H,3-8H2,1-2H3,(H,13,14,15)/b10-9-. The summed E-state index contributed by atoms with van der Waals surface area (Å²) >= 11 is 0. The van der Waals surface area contributed by atoms with E-state index in [2.05, 4.69) is 15.8 Å². The van der Waals surface area contributed by atoms with Crippen LogP contribution in [0, 0.1) is 0 Å². The number of esters is 1. The van der Waals surface area contributed by atoms with Crippen LogP contribution in [0.1, 0.15) is 46.0 Å². The third-order valence-electron chi connectivity index (χ3n) is 2.06. The third-order valence-corrected chi connectivity index (χ3v) is 2.45. The molecule has 0 bridgehead atoms. The summed E-state index contributed by atoms with van der Waals surface area (Å²) in [6.07, 6.45) is 5.75. The fourth-order valence-electron chi connectivity index (χ4n) is 1.27. The largest absolute Gasteiger partial charge is 0.460 e. The summed E-state index contributed by atoms with van der Waals surface area (Å²) in [7, 11) is -4.70. The molecule has 0 amide bonds. The van der Waals surface area contributed by atoms with Crippen LogP contribution in [0.3, 0.4) is 0 Å². The third kappa shape index (κ3) is 9.00. The maximum Gasteiger partial charge on any atom is 0.446 e. The molecule has 18 heavy (non-hydrogen) atoms. The van der Waals surface area contributed by atoms with E-state index in [1.807, 2.05) is 0 Å². The van der Waals surface area contributed by atoms with Crippen LogP contribution in [0.2, 0.25) is 0 Å². The Labute approximate surface area is 108 Å². The summed E-state index contributed by atoms with van der Waals surface area (Å²) in [5.41, 5.74) is 0. The van der Waals surface area contributed by atoms with E-state index in [0.717, 1.165) is 25.7 Å². The molecule has 0 aromatic heterocycles. The number of allylic oxidation sites excluding steroid dienone is 1. The summed E-state index contributed by atoms with van der Waals surface area (Å²) in [5, 5.41) is 0. The van der Waals surface area contributed by atoms with Crippen molar-refractivity contribution in [3.05, 3.63) is 11.8 Å². The average Bonchev–Trinajstić information content (AvgIpc) is 2.26. The van der Waals surface area contributed by atoms with Crippen molar-refractivity contribution >= 4 is 16.4 Å². The minimum absolute atomic E-state index is 0.0981. The summed E-state index contributed by atoms with van der Waals surface area (Å²) in [5.74, 6) is -1.39. The molecule has 0 unspecified atom stereocenters. The van der Waals surface area contributed by atoms with Gasteiger partial charge in [0.2, 0.25) is 5.76 Å². The minimum Gasteiger partial charge on any atom is -0.460 e. The van der Waals surface area contributed by atoms with Crippen LogP contribution in [0.15, 0.2) is 11.8 Å². The topological polar surface area (TPSA) is 89.9 Å². The molecule has 0 atom stereocenters. The van der Waals surface area contributed by atoms with E-state index in [1.54, 1.807) is 6.92 Å². The number of hydrogen-bond donors (Lipinski definition) is 1. The summed E-state index contributed by atoms with van der Waals surface area (Å²) in [6, 6.07) is 0. The zero-order valence-corrected chi connectivity index (χ0v) is 11.5. The van der Waals surface area contributed by atoms with Crippen molar-refractivity contribution in [3.8, 4) is 0 Å². The van der Waals surface area contributed by atoms with Gasteiger partial charge in [-0.25, -0.2) is 4.79 Å². The molecule has 0 aliphatic carbocycles. The Hall–Kier alpha value is -1.08. The number of carbonyl (C=O) groups excluding carboxylic acids is 1. The lowest BCUT2D eigenvalue weighted by atomic mass is 10.1. The lowest BCUT2D eigenvalue weighted by Gasteiger charge is -2.06. The number of ether oxygens (including phenoxy) is 1. The van der Waals surface area contributed by atoms with Crippen LogP contribution in [0.25, 0.3) is 0 Å². The molecular formula is C11H20O6S. The Kier molecular flexibility index (Phi) is 8.40. The van der Waals surface area contributed by atoms with Gasteiger partial charge < -0.3 is 8.92 Å². The van der Waals surface area contributed by atoms with Gasteiger partial charge in [-0.1, -0.05) is 26.2 Å². The molecule has 6 nitrogen and oxygen atoms in total. The van der Waals surface area contributed by atoms with Gasteiger partial charge in [0.15, 0.2) is 0 Å². The number of rotatable bonds is 9. The van der Waals surface area contributed by atoms with Gasteiger partial charge >= 0.3 is 16.4 Å². The Bertz CT molecular complexity index is 371. The zero-order chi connectivity index (χ0) is 14.0. The molecule has 0 aromatic carbocycles. The predicted octanol–water partition coefficient (Wildman–Crippen LogP) is 2.22. The van der Waals surface area contributed by atoms with Gasteiger partial charge in [-0.3, -0.25) is 4.55 Å². The maximum absolute atomic E-state index is 11.3. The Morgan fingerprint density at radius 3 is 2.39 bits per heavy atom. The quantitative estimate of drug-likeness (QED) is 0.229. The molecule has 0 spiro atoms. The van der Waals surface area contributed by atoms with Crippen molar-refractivity contribution < 1.29 is 26.7 Å². The average molecular weight is 280 g/mol. The number of hydrogen-bond acceptors (Lipinski definition) is 5. The fraction of sp³-hybridized carbons (Fsp3) is 0.727. The van der Waals surface area contributed by atoms with Crippen LogP contribution >= 0.6 is 0 Å². The molecule has 0 saturated heterocycles. The Morgan fingerprint density at radius 1 is 1.22 bits per heavy atom. The fourth-order valence-corrected chi connectivity index (χ4v) is 1.63. The van der Waals surface area contributed by atoms with Gasteiger partial charge in [-0.2, -0.15) is 8.42 Å². The molecule has 0 radical (unpaired) electrons. The van der Waals surface area contributed by atoms with Gasteiger partial charge in [-0.05, 0) is 25.8 Å². The van der Waals surface area contributed by atoms with Crippen LogP contribution < -0.4 is 0 Å². The Balaban J connectivity index is 4.45. The number of unbranched alkanes of at least 4 members (excludes halogenated alkanes) is 4.